The maximum Gasteiger partial charge on any atom is 0.261 e. The first kappa shape index (κ1) is 17.3. The van der Waals surface area contributed by atoms with E-state index in [0.717, 1.165) is 11.3 Å². The molecule has 0 N–H and O–H groups in total. The number of hydrogen-bond donors (Lipinski definition) is 0. The van der Waals surface area contributed by atoms with Crippen molar-refractivity contribution in [1.29, 1.82) is 0 Å². The molecule has 1 aromatic heterocycles. The number of benzene rings is 2. The van der Waals surface area contributed by atoms with E-state index >= 15 is 0 Å². The topological polar surface area (TPSA) is 78.6 Å². The summed E-state index contributed by atoms with van der Waals surface area (Å²) in [4.78, 5) is 4.38. The van der Waals surface area contributed by atoms with Gasteiger partial charge in [0, 0.05) is 16.2 Å². The van der Waals surface area contributed by atoms with Crippen LogP contribution in [0.15, 0.2) is 64.1 Å². The number of oxazole rings is 1. The first-order chi connectivity index (χ1) is 12.0. The van der Waals surface area contributed by atoms with Crippen molar-refractivity contribution in [3.8, 4) is 23.0 Å². The van der Waals surface area contributed by atoms with Crippen LogP contribution < -0.4 is 9.47 Å². The van der Waals surface area contributed by atoms with Gasteiger partial charge < -0.3 is 13.9 Å². The van der Waals surface area contributed by atoms with Gasteiger partial charge in [-0.1, -0.05) is 0 Å². The summed E-state index contributed by atoms with van der Waals surface area (Å²) >= 11 is 0. The molecule has 0 amide bonds. The molecule has 0 saturated heterocycles. The molecule has 0 aliphatic carbocycles. The zero-order chi connectivity index (χ0) is 17.9. The lowest BCUT2D eigenvalue weighted by Crippen LogP contribution is -1.96. The van der Waals surface area contributed by atoms with E-state index in [0.29, 0.717) is 17.3 Å². The summed E-state index contributed by atoms with van der Waals surface area (Å²) in [7, 11) is 3.13. The second-order valence-electron chi connectivity index (χ2n) is 5.07. The van der Waals surface area contributed by atoms with Gasteiger partial charge in [-0.3, -0.25) is 0 Å². The normalized spacial score (nSPS) is 11.3. The van der Waals surface area contributed by atoms with E-state index in [4.69, 9.17) is 24.6 Å². The fraction of sp³-hybridized carbons (Fsp3) is 0.118. The second-order valence-corrected chi connectivity index (χ2v) is 7.64. The van der Waals surface area contributed by atoms with E-state index in [9.17, 15) is 8.42 Å². The van der Waals surface area contributed by atoms with Crippen molar-refractivity contribution in [2.75, 3.05) is 7.11 Å². The quantitative estimate of drug-likeness (QED) is 0.605. The minimum absolute atomic E-state index is 0.0183. The van der Waals surface area contributed by atoms with Crippen molar-refractivity contribution in [3.05, 3.63) is 60.5 Å². The number of aromatic nitrogens is 1. The molecule has 0 bridgehead atoms. The van der Waals surface area contributed by atoms with Crippen LogP contribution in [-0.2, 0) is 15.7 Å². The smallest absolute Gasteiger partial charge is 0.261 e. The highest BCUT2D eigenvalue weighted by Crippen LogP contribution is 2.23. The molecule has 3 rings (SSSR count). The number of methoxy groups -OCH3 is 1. The van der Waals surface area contributed by atoms with Gasteiger partial charge in [-0.25, -0.2) is 13.4 Å². The lowest BCUT2D eigenvalue weighted by Gasteiger charge is -2.04. The Morgan fingerprint density at radius 2 is 1.68 bits per heavy atom. The molecule has 130 valence electrons. The molecule has 2 aromatic carbocycles. The van der Waals surface area contributed by atoms with Crippen LogP contribution in [0.25, 0.3) is 11.5 Å². The second kappa shape index (κ2) is 7.16. The number of rotatable bonds is 6. The predicted octanol–water partition coefficient (Wildman–Crippen LogP) is 3.86. The Kier molecular flexibility index (Phi) is 4.96. The number of hydrogen-bond acceptors (Lipinski definition) is 6. The minimum atomic E-state index is -3.74. The molecule has 0 unspecified atom stereocenters. The number of ether oxygens (including phenoxy) is 2. The van der Waals surface area contributed by atoms with Crippen LogP contribution in [0.3, 0.4) is 0 Å². The summed E-state index contributed by atoms with van der Waals surface area (Å²) < 4.78 is 38.5. The predicted molar refractivity (Wildman–Crippen MR) is 92.3 cm³/mol. The maximum absolute atomic E-state index is 11.2. The van der Waals surface area contributed by atoms with Crippen molar-refractivity contribution in [3.63, 3.8) is 0 Å². The van der Waals surface area contributed by atoms with Crippen LogP contribution in [0.5, 0.6) is 11.5 Å². The lowest BCUT2D eigenvalue weighted by molar-refractivity contribution is 0.301. The molecule has 3 aromatic rings. The van der Waals surface area contributed by atoms with Crippen LogP contribution >= 0.6 is 10.7 Å². The van der Waals surface area contributed by atoms with E-state index in [1.807, 2.05) is 24.3 Å². The van der Waals surface area contributed by atoms with Gasteiger partial charge in [-0.05, 0) is 48.5 Å². The SMILES string of the molecule is COc1ccc(-c2nc(COc3ccc(S(=O)(=O)Cl)cc3)co2)cc1. The van der Waals surface area contributed by atoms with Crippen LogP contribution in [0.1, 0.15) is 5.69 Å². The molecule has 1 heterocycles. The Morgan fingerprint density at radius 1 is 1.04 bits per heavy atom. The van der Waals surface area contributed by atoms with Gasteiger partial charge in [-0.2, -0.15) is 0 Å². The summed E-state index contributed by atoms with van der Waals surface area (Å²) in [6.45, 7) is 0.187. The van der Waals surface area contributed by atoms with Crippen molar-refractivity contribution < 1.29 is 22.3 Å². The number of nitrogens with zero attached hydrogens (tertiary/aromatic N) is 1. The lowest BCUT2D eigenvalue weighted by atomic mass is 10.2. The Balaban J connectivity index is 1.65. The van der Waals surface area contributed by atoms with Gasteiger partial charge in [-0.15, -0.1) is 0 Å². The summed E-state index contributed by atoms with van der Waals surface area (Å²) in [5.41, 5.74) is 1.43. The highest BCUT2D eigenvalue weighted by Gasteiger charge is 2.10. The molecule has 0 saturated carbocycles. The highest BCUT2D eigenvalue weighted by atomic mass is 35.7. The zero-order valence-electron chi connectivity index (χ0n) is 13.2. The van der Waals surface area contributed by atoms with Gasteiger partial charge in [0.1, 0.15) is 30.1 Å². The summed E-state index contributed by atoms with van der Waals surface area (Å²) in [5, 5.41) is 0. The van der Waals surface area contributed by atoms with Gasteiger partial charge in [0.05, 0.1) is 12.0 Å². The highest BCUT2D eigenvalue weighted by molar-refractivity contribution is 8.13. The van der Waals surface area contributed by atoms with Gasteiger partial charge in [0.2, 0.25) is 5.89 Å². The molecule has 0 aliphatic rings. The summed E-state index contributed by atoms with van der Waals surface area (Å²) in [6, 6.07) is 13.2. The molecular formula is C17H14ClNO5S. The first-order valence-electron chi connectivity index (χ1n) is 7.22. The van der Waals surface area contributed by atoms with Gasteiger partial charge in [0.15, 0.2) is 0 Å². The van der Waals surface area contributed by atoms with E-state index in [-0.39, 0.29) is 11.5 Å². The largest absolute Gasteiger partial charge is 0.497 e. The molecular weight excluding hydrogens is 366 g/mol. The maximum atomic E-state index is 11.2. The Morgan fingerprint density at radius 3 is 2.28 bits per heavy atom. The standard InChI is InChI=1S/C17H14ClNO5S/c1-22-14-4-2-12(3-5-14)17-19-13(11-24-17)10-23-15-6-8-16(9-7-15)25(18,20)21/h2-9,11H,10H2,1H3. The molecule has 0 fully saturated rings. The summed E-state index contributed by atoms with van der Waals surface area (Å²) in [5.74, 6) is 1.73. The fourth-order valence-electron chi connectivity index (χ4n) is 2.10. The molecule has 0 atom stereocenters. The number of halogens is 1. The molecule has 6 nitrogen and oxygen atoms in total. The Bertz CT molecular complexity index is 949. The van der Waals surface area contributed by atoms with Gasteiger partial charge >= 0.3 is 0 Å². The van der Waals surface area contributed by atoms with E-state index in [2.05, 4.69) is 4.98 Å². The molecule has 0 spiro atoms. The third-order valence-electron chi connectivity index (χ3n) is 3.38. The van der Waals surface area contributed by atoms with Crippen LogP contribution in [0.2, 0.25) is 0 Å². The van der Waals surface area contributed by atoms with Crippen LogP contribution in [-0.4, -0.2) is 20.5 Å². The average Bonchev–Trinajstić information content (AvgIpc) is 3.09. The molecule has 0 radical (unpaired) electrons. The third kappa shape index (κ3) is 4.32. The van der Waals surface area contributed by atoms with E-state index in [1.54, 1.807) is 7.11 Å². The van der Waals surface area contributed by atoms with Crippen molar-refractivity contribution in [2.24, 2.45) is 0 Å². The van der Waals surface area contributed by atoms with Crippen LogP contribution in [0, 0.1) is 0 Å². The fourth-order valence-corrected chi connectivity index (χ4v) is 2.86. The van der Waals surface area contributed by atoms with Crippen LogP contribution in [0.4, 0.5) is 0 Å². The minimum Gasteiger partial charge on any atom is -0.497 e. The molecule has 0 aliphatic heterocycles. The zero-order valence-corrected chi connectivity index (χ0v) is 14.8. The van der Waals surface area contributed by atoms with Crippen molar-refractivity contribution >= 4 is 19.7 Å². The first-order valence-corrected chi connectivity index (χ1v) is 9.53. The van der Waals surface area contributed by atoms with Gasteiger partial charge in [0.25, 0.3) is 9.05 Å². The third-order valence-corrected chi connectivity index (χ3v) is 4.75. The average molecular weight is 380 g/mol. The monoisotopic (exact) mass is 379 g/mol. The van der Waals surface area contributed by atoms with E-state index < -0.39 is 9.05 Å². The molecule has 8 heteroatoms. The molecule has 25 heavy (non-hydrogen) atoms. The van der Waals surface area contributed by atoms with Crippen molar-refractivity contribution in [1.82, 2.24) is 4.98 Å². The Labute approximate surface area is 149 Å². The van der Waals surface area contributed by atoms with E-state index in [1.165, 1.54) is 30.5 Å². The summed E-state index contributed by atoms with van der Waals surface area (Å²) in [6.07, 6.45) is 1.51. The Hall–Kier alpha value is -2.51. The van der Waals surface area contributed by atoms with Crippen molar-refractivity contribution in [2.45, 2.75) is 11.5 Å².